The molecule has 25 nitrogen and oxygen atoms in total. The molecule has 0 spiro atoms. The van der Waals surface area contributed by atoms with E-state index in [-0.39, 0.29) is 18.6 Å². The van der Waals surface area contributed by atoms with Crippen molar-refractivity contribution in [2.75, 3.05) is 26.2 Å². The number of ketones is 1. The summed E-state index contributed by atoms with van der Waals surface area (Å²) >= 11 is 0. The van der Waals surface area contributed by atoms with Gasteiger partial charge in [-0.05, 0) is 210 Å². The summed E-state index contributed by atoms with van der Waals surface area (Å²) in [5.74, 6) is 4.53. The predicted molar refractivity (Wildman–Crippen MR) is 588 cm³/mol. The van der Waals surface area contributed by atoms with Crippen molar-refractivity contribution in [3.8, 4) is 56.7 Å². The molecule has 0 saturated heterocycles. The summed E-state index contributed by atoms with van der Waals surface area (Å²) in [5.41, 5.74) is 29.7. The molecule has 0 saturated carbocycles. The Balaban J connectivity index is 0.000000207. The average molecular weight is 1960 g/mol. The highest BCUT2D eigenvalue weighted by Gasteiger charge is 2.20. The lowest BCUT2D eigenvalue weighted by molar-refractivity contribution is -0.119. The standard InChI is InChI=1S/C21H22N2O3.C18H26N4O2.C18H28N4.C18H28O.C17H20N4.C14H22N2.C13H17N3/c1-15(2)17-9-6-10-18(11-17)19-12-22-20(26-19)13-23-21(24)25-14-16-7-4-3-5-8-16;1-13(2)14-7-6-8-15(11-14)16-12-22(21-20-16)10-9-19-17(23)24-18(3,4)5;1-4-5-6-7-11-19-13-17-14-22(21-20-17)18-10-8-9-16(12-18)15(2)3;1-4-5-6-7-11-18(19)13-12-16-9-8-10-17(14-16)15(2)3;1-12(2)13-8-14(16-6-5-7-20(16)3)19-15(9-13)17-10-18-11-21(17)4;1-11(16-10-9-15)12-5-7-13(8-6-12)14(2,3)4;1-4-12-9-16(15-14-12)13-7-5-6-11(8-13)10(2)3/h3-12,15H,13-14H2,1-2H3,(H,23,24);6-8,11-13H,9-10H2,1-5H3,(H,19,23);8-10,12,14-15,19H,4-7,11,13H2,1-3H3;8-10,14-15H,4-7,11-13H2,1-3H3;5-12H,1-4H3;5-8,16H,1,9-10,15H2,2-4H3;5-10H,4H2,1-3H3. The number of nitrogens with two attached hydrogens (primary N) is 1. The van der Waals surface area contributed by atoms with Crippen LogP contribution in [0.25, 0.3) is 62.4 Å². The molecule has 0 aliphatic rings. The Morgan fingerprint density at radius 1 is 0.479 bits per heavy atom. The number of aromatic nitrogens is 14. The fourth-order valence-corrected chi connectivity index (χ4v) is 15.0. The average Bonchev–Trinajstić information content (AvgIpc) is 1.63. The number of pyridine rings is 1. The number of nitrogens with one attached hydrogen (secondary N) is 4. The number of imidazole rings is 1. The van der Waals surface area contributed by atoms with Crippen LogP contribution in [-0.2, 0) is 72.9 Å². The quantitative estimate of drug-likeness (QED) is 0.0224. The number of rotatable bonds is 39. The molecule has 14 aromatic rings. The van der Waals surface area contributed by atoms with E-state index >= 15 is 0 Å². The van der Waals surface area contributed by atoms with Crippen LogP contribution in [0.5, 0.6) is 0 Å². The van der Waals surface area contributed by atoms with Gasteiger partial charge in [0.05, 0.1) is 95.9 Å². The van der Waals surface area contributed by atoms with Crippen LogP contribution in [0.2, 0.25) is 0 Å². The van der Waals surface area contributed by atoms with E-state index in [4.69, 9.17) is 24.6 Å². The summed E-state index contributed by atoms with van der Waals surface area (Å²) in [6.07, 6.45) is 25.5. The first-order chi connectivity index (χ1) is 68.9. The molecule has 6 N–H and O–H groups in total. The molecule has 0 radical (unpaired) electrons. The Bertz CT molecular complexity index is 6050. The minimum Gasteiger partial charge on any atom is -0.445 e. The number of amides is 2. The summed E-state index contributed by atoms with van der Waals surface area (Å²) in [6, 6.07) is 68.6. The van der Waals surface area contributed by atoms with Crippen molar-refractivity contribution < 1.29 is 28.3 Å². The molecular formula is C119H163N19O6. The van der Waals surface area contributed by atoms with Crippen molar-refractivity contribution in [1.82, 2.24) is 90.3 Å². The molecule has 7 heterocycles. The molecule has 770 valence electrons. The molecule has 0 aliphatic carbocycles. The van der Waals surface area contributed by atoms with Gasteiger partial charge in [0.25, 0.3) is 0 Å². The summed E-state index contributed by atoms with van der Waals surface area (Å²) in [7, 11) is 4.04. The number of aryl methyl sites for hydroxylation is 4. The van der Waals surface area contributed by atoms with Crippen LogP contribution in [-0.4, -0.2) is 119 Å². The number of hydrogen-bond donors (Lipinski definition) is 5. The number of unbranched alkanes of at least 4 members (excludes halogenated alkanes) is 6. The smallest absolute Gasteiger partial charge is 0.407 e. The zero-order valence-electron chi connectivity index (χ0n) is 90.2. The number of nitrogens with zero attached hydrogens (tertiary/aromatic N) is 14. The summed E-state index contributed by atoms with van der Waals surface area (Å²) < 4.78 is 25.6. The first-order valence-electron chi connectivity index (χ1n) is 51.6. The minimum atomic E-state index is -0.504. The van der Waals surface area contributed by atoms with Gasteiger partial charge in [0.1, 0.15) is 23.7 Å². The summed E-state index contributed by atoms with van der Waals surface area (Å²) in [5, 5.41) is 37.0. The van der Waals surface area contributed by atoms with Crippen LogP contribution < -0.4 is 27.0 Å². The van der Waals surface area contributed by atoms with Crippen LogP contribution >= 0.6 is 0 Å². The normalized spacial score (nSPS) is 11.2. The Kier molecular flexibility index (Phi) is 48.4. The highest BCUT2D eigenvalue weighted by molar-refractivity contribution is 5.78. The van der Waals surface area contributed by atoms with Gasteiger partial charge >= 0.3 is 12.2 Å². The molecule has 0 bridgehead atoms. The van der Waals surface area contributed by atoms with E-state index in [1.807, 2.05) is 140 Å². The van der Waals surface area contributed by atoms with Gasteiger partial charge in [-0.15, -0.1) is 15.3 Å². The molecule has 144 heavy (non-hydrogen) atoms. The van der Waals surface area contributed by atoms with Crippen molar-refractivity contribution in [3.63, 3.8) is 0 Å². The van der Waals surface area contributed by atoms with Crippen molar-refractivity contribution in [3.05, 3.63) is 323 Å². The van der Waals surface area contributed by atoms with Crippen LogP contribution in [0.1, 0.15) is 318 Å². The lowest BCUT2D eigenvalue weighted by Gasteiger charge is -2.19. The second-order valence-corrected chi connectivity index (χ2v) is 40.3. The highest BCUT2D eigenvalue weighted by Crippen LogP contribution is 2.32. The van der Waals surface area contributed by atoms with Gasteiger partial charge in [0.2, 0.25) is 5.89 Å². The minimum absolute atomic E-state index is 0.178. The zero-order chi connectivity index (χ0) is 105. The number of Topliss-reactive ketones (excluding diaryl/α,β-unsaturated/α-hetero) is 1. The first-order valence-corrected chi connectivity index (χ1v) is 51.6. The summed E-state index contributed by atoms with van der Waals surface area (Å²) in [6.45, 7) is 53.5. The van der Waals surface area contributed by atoms with E-state index in [0.29, 0.717) is 79.0 Å². The van der Waals surface area contributed by atoms with Gasteiger partial charge in [-0.2, -0.15) is 0 Å². The van der Waals surface area contributed by atoms with E-state index in [9.17, 15) is 14.4 Å². The molecule has 2 amide bonds. The largest absolute Gasteiger partial charge is 0.445 e. The van der Waals surface area contributed by atoms with Crippen molar-refractivity contribution in [2.45, 2.75) is 295 Å². The van der Waals surface area contributed by atoms with Gasteiger partial charge in [-0.1, -0.05) is 325 Å². The fraction of sp³-hybridized carbons (Fsp3) is 0.429. The predicted octanol–water partition coefficient (Wildman–Crippen LogP) is 26.9. The van der Waals surface area contributed by atoms with E-state index in [1.165, 1.54) is 89.5 Å². The maximum Gasteiger partial charge on any atom is 0.407 e. The number of carbonyl (C=O) groups is 3. The van der Waals surface area contributed by atoms with Crippen molar-refractivity contribution in [1.29, 1.82) is 0 Å². The van der Waals surface area contributed by atoms with Gasteiger partial charge in [-0.25, -0.2) is 33.9 Å². The van der Waals surface area contributed by atoms with E-state index < -0.39 is 17.8 Å². The molecule has 14 rings (SSSR count). The van der Waals surface area contributed by atoms with E-state index in [1.54, 1.807) is 17.2 Å². The molecule has 0 unspecified atom stereocenters. The monoisotopic (exact) mass is 1950 g/mol. The maximum absolute atomic E-state index is 11.8. The van der Waals surface area contributed by atoms with Gasteiger partial charge in [0, 0.05) is 76.1 Å². The third-order valence-electron chi connectivity index (χ3n) is 23.9. The van der Waals surface area contributed by atoms with Gasteiger partial charge < -0.3 is 50.0 Å². The van der Waals surface area contributed by atoms with Crippen molar-refractivity contribution >= 4 is 23.7 Å². The Hall–Kier alpha value is -13.5. The Morgan fingerprint density at radius 2 is 1.03 bits per heavy atom. The third-order valence-corrected chi connectivity index (χ3v) is 23.9. The molecular weight excluding hydrogens is 1790 g/mol. The summed E-state index contributed by atoms with van der Waals surface area (Å²) in [4.78, 5) is 48.4. The van der Waals surface area contributed by atoms with Crippen LogP contribution in [0.3, 0.4) is 0 Å². The molecule has 0 aliphatic heterocycles. The van der Waals surface area contributed by atoms with Crippen molar-refractivity contribution in [2.24, 2.45) is 19.8 Å². The molecule has 7 aromatic heterocycles. The number of benzene rings is 7. The fourth-order valence-electron chi connectivity index (χ4n) is 15.0. The van der Waals surface area contributed by atoms with Crippen LogP contribution in [0.4, 0.5) is 9.59 Å². The Morgan fingerprint density at radius 3 is 1.59 bits per heavy atom. The second-order valence-electron chi connectivity index (χ2n) is 40.3. The topological polar surface area (TPSA) is 298 Å². The number of hydrogen-bond acceptors (Lipinski definition) is 18. The van der Waals surface area contributed by atoms with E-state index in [2.05, 4.69) is 337 Å². The molecule has 7 aromatic carbocycles. The maximum atomic E-state index is 11.8. The van der Waals surface area contributed by atoms with Gasteiger partial charge in [0.15, 0.2) is 5.76 Å². The number of carbonyl (C=O) groups excluding carboxylic acids is 3. The molecule has 0 fully saturated rings. The van der Waals surface area contributed by atoms with Crippen LogP contribution in [0, 0.1) is 0 Å². The number of alkyl carbamates (subject to hydrolysis) is 2. The third kappa shape index (κ3) is 40.7. The van der Waals surface area contributed by atoms with E-state index in [0.717, 1.165) is 125 Å². The SMILES string of the molecule is C=C(NCCN)c1ccc(C(C)(C)C)cc1.CC(C)c1cc(-c2cccn2C)nc(-c2cncn2C)c1.CC(C)c1cccc(-c2cn(CCNC(=O)OC(C)(C)C)nn2)c1.CC(C)c1cccc(-c2cnc(CNC(=O)OCc3ccccc3)o2)c1.CCCCCCC(=O)CCc1cccc(C(C)C)c1.CCCCCCNCc1cn(-c2cccc(C(C)C)c2)nn1.CCc1cn(-c2cccc(C(C)C)c2)nn1. The molecule has 25 heteroatoms. The first kappa shape index (κ1) is 116. The van der Waals surface area contributed by atoms with Gasteiger partial charge in [-0.3, -0.25) is 9.48 Å². The Labute approximate surface area is 858 Å². The van der Waals surface area contributed by atoms with Crippen LogP contribution in [0.15, 0.2) is 255 Å². The zero-order valence-corrected chi connectivity index (χ0v) is 90.2. The lowest BCUT2D eigenvalue weighted by atomic mass is 9.86. The lowest BCUT2D eigenvalue weighted by Crippen LogP contribution is -2.34. The molecule has 0 atom stereocenters. The second kappa shape index (κ2) is 60.2. The number of oxazole rings is 1. The number of ether oxygens (including phenoxy) is 2. The highest BCUT2D eigenvalue weighted by atomic mass is 16.6.